The molecule has 5 heterocycles. The summed E-state index contributed by atoms with van der Waals surface area (Å²) in [5, 5.41) is 7.47. The molecule has 4 aliphatic rings. The van der Waals surface area contributed by atoms with E-state index in [4.69, 9.17) is 9.47 Å². The highest BCUT2D eigenvalue weighted by molar-refractivity contribution is 7.91. The summed E-state index contributed by atoms with van der Waals surface area (Å²) in [6.45, 7) is 2.69. The molecule has 238 valence electrons. The van der Waals surface area contributed by atoms with E-state index in [0.717, 1.165) is 36.4 Å². The third kappa shape index (κ3) is 7.14. The summed E-state index contributed by atoms with van der Waals surface area (Å²) in [5.74, 6) is -0.433. The molecule has 0 unspecified atom stereocenters. The van der Waals surface area contributed by atoms with Gasteiger partial charge in [0.05, 0.1) is 12.6 Å². The standard InChI is InChI=1S/C31H35N5O7S2/c1-34-9-3-10-35(12-11-34)31(39)23-14-22-15-25(16-23)42-20-28(37)32-17-21-5-7-24(8-6-21)43-27-19-36(18-26(27)33-30(22)38)45(40,41)29-4-2-13-44-29/h2,4-8,13-16,26-27H,3,9-12,17-20H2,1H3,(H,32,37)(H,33,38)/t26-,27-/m0/s1. The van der Waals surface area contributed by atoms with Gasteiger partial charge in [-0.2, -0.15) is 4.31 Å². The Morgan fingerprint density at radius 3 is 2.58 bits per heavy atom. The van der Waals surface area contributed by atoms with Crippen LogP contribution in [0.1, 0.15) is 32.7 Å². The van der Waals surface area contributed by atoms with E-state index in [1.807, 2.05) is 7.05 Å². The van der Waals surface area contributed by atoms with Gasteiger partial charge in [-0.05, 0) is 67.4 Å². The van der Waals surface area contributed by atoms with Crippen molar-refractivity contribution in [3.8, 4) is 11.5 Å². The molecule has 3 aromatic rings. The maximum atomic E-state index is 13.8. The second-order valence-electron chi connectivity index (χ2n) is 11.4. The molecule has 0 saturated carbocycles. The molecule has 0 spiro atoms. The molecule has 45 heavy (non-hydrogen) atoms. The number of sulfonamides is 1. The van der Waals surface area contributed by atoms with Crippen LogP contribution in [0.5, 0.6) is 11.5 Å². The van der Waals surface area contributed by atoms with Crippen molar-refractivity contribution < 1.29 is 32.3 Å². The van der Waals surface area contributed by atoms with Gasteiger partial charge in [0.1, 0.15) is 21.8 Å². The second-order valence-corrected chi connectivity index (χ2v) is 14.5. The summed E-state index contributed by atoms with van der Waals surface area (Å²) in [6, 6.07) is 14.2. The van der Waals surface area contributed by atoms with Gasteiger partial charge in [-0.25, -0.2) is 8.42 Å². The molecule has 1 aromatic heterocycles. The number of fused-ring (bicyclic) bond motifs is 7. The number of hydrogen-bond donors (Lipinski definition) is 2. The lowest BCUT2D eigenvalue weighted by Gasteiger charge is -2.23. The third-order valence-corrected chi connectivity index (χ3v) is 11.3. The highest BCUT2D eigenvalue weighted by Crippen LogP contribution is 2.28. The first-order chi connectivity index (χ1) is 21.7. The Bertz CT molecular complexity index is 1660. The van der Waals surface area contributed by atoms with Crippen LogP contribution >= 0.6 is 11.3 Å². The molecule has 0 aliphatic carbocycles. The summed E-state index contributed by atoms with van der Waals surface area (Å²) >= 11 is 1.13. The van der Waals surface area contributed by atoms with Crippen molar-refractivity contribution in [2.45, 2.75) is 29.3 Å². The molecule has 14 heteroatoms. The van der Waals surface area contributed by atoms with Gasteiger partial charge in [-0.1, -0.05) is 18.2 Å². The van der Waals surface area contributed by atoms with E-state index in [1.54, 1.807) is 52.7 Å². The lowest BCUT2D eigenvalue weighted by molar-refractivity contribution is -0.123. The molecule has 4 bridgehead atoms. The lowest BCUT2D eigenvalue weighted by atomic mass is 10.1. The van der Waals surface area contributed by atoms with Gasteiger partial charge in [0.25, 0.3) is 27.7 Å². The van der Waals surface area contributed by atoms with Crippen LogP contribution in [0.15, 0.2) is 64.2 Å². The Morgan fingerprint density at radius 2 is 1.80 bits per heavy atom. The number of benzene rings is 2. The van der Waals surface area contributed by atoms with Crippen LogP contribution in [-0.4, -0.2) is 105 Å². The first-order valence-electron chi connectivity index (χ1n) is 14.8. The average Bonchev–Trinajstić information content (AvgIpc) is 3.67. The zero-order valence-electron chi connectivity index (χ0n) is 24.8. The molecule has 4 aliphatic heterocycles. The van der Waals surface area contributed by atoms with Crippen molar-refractivity contribution in [1.82, 2.24) is 24.7 Å². The van der Waals surface area contributed by atoms with Crippen LogP contribution in [-0.2, 0) is 21.4 Å². The summed E-state index contributed by atoms with van der Waals surface area (Å²) in [7, 11) is -1.79. The van der Waals surface area contributed by atoms with Crippen LogP contribution in [0.25, 0.3) is 0 Å². The number of thiophene rings is 1. The number of nitrogens with one attached hydrogen (secondary N) is 2. The van der Waals surface area contributed by atoms with E-state index in [9.17, 15) is 22.8 Å². The Morgan fingerprint density at radius 1 is 0.978 bits per heavy atom. The maximum Gasteiger partial charge on any atom is 0.258 e. The third-order valence-electron chi connectivity index (χ3n) is 8.13. The first kappa shape index (κ1) is 31.0. The van der Waals surface area contributed by atoms with Crippen molar-refractivity contribution in [3.63, 3.8) is 0 Å². The number of likely N-dealkylation sites (N-methyl/N-ethyl adjacent to an activating group) is 1. The van der Waals surface area contributed by atoms with Gasteiger partial charge < -0.3 is 29.9 Å². The number of hydrogen-bond acceptors (Lipinski definition) is 9. The molecule has 2 N–H and O–H groups in total. The van der Waals surface area contributed by atoms with Crippen molar-refractivity contribution in [2.24, 2.45) is 0 Å². The number of amides is 3. The molecule has 7 rings (SSSR count). The minimum atomic E-state index is -3.81. The van der Waals surface area contributed by atoms with E-state index >= 15 is 0 Å². The summed E-state index contributed by atoms with van der Waals surface area (Å²) in [6.07, 6.45) is 0.126. The summed E-state index contributed by atoms with van der Waals surface area (Å²) in [5.41, 5.74) is 1.24. The molecular formula is C31H35N5O7S2. The normalized spacial score (nSPS) is 21.9. The van der Waals surface area contributed by atoms with E-state index in [2.05, 4.69) is 15.5 Å². The van der Waals surface area contributed by atoms with E-state index in [-0.39, 0.29) is 59.1 Å². The van der Waals surface area contributed by atoms with Gasteiger partial charge in [-0.3, -0.25) is 14.4 Å². The van der Waals surface area contributed by atoms with Crippen LogP contribution in [0.2, 0.25) is 0 Å². The number of ether oxygens (including phenoxy) is 2. The van der Waals surface area contributed by atoms with E-state index in [1.165, 1.54) is 16.4 Å². The number of rotatable bonds is 3. The van der Waals surface area contributed by atoms with Gasteiger partial charge in [-0.15, -0.1) is 11.3 Å². The molecule has 3 amide bonds. The van der Waals surface area contributed by atoms with Gasteiger partial charge in [0.2, 0.25) is 0 Å². The van der Waals surface area contributed by atoms with Crippen LogP contribution < -0.4 is 20.1 Å². The number of carbonyl (C=O) groups is 3. The number of nitrogens with zero attached hydrogens (tertiary/aromatic N) is 3. The SMILES string of the molecule is CN1CCCN(C(=O)c2cc3cc(c2)C(=O)N[C@H]2CN(S(=O)(=O)c4cccs4)C[C@@H]2Oc2ccc(cc2)CNC(=O)CO3)CC1. The second kappa shape index (κ2) is 13.2. The van der Waals surface area contributed by atoms with Gasteiger partial charge >= 0.3 is 0 Å². The largest absolute Gasteiger partial charge is 0.487 e. The van der Waals surface area contributed by atoms with Crippen LogP contribution in [0.4, 0.5) is 0 Å². The number of carbonyl (C=O) groups excluding carboxylic acids is 3. The monoisotopic (exact) mass is 653 g/mol. The van der Waals surface area contributed by atoms with Crippen molar-refractivity contribution in [3.05, 3.63) is 76.7 Å². The van der Waals surface area contributed by atoms with Gasteiger partial charge in [0.15, 0.2) is 6.61 Å². The van der Waals surface area contributed by atoms with E-state index in [0.29, 0.717) is 18.8 Å². The smallest absolute Gasteiger partial charge is 0.258 e. The van der Waals surface area contributed by atoms with Crippen molar-refractivity contribution >= 4 is 39.1 Å². The highest BCUT2D eigenvalue weighted by atomic mass is 32.2. The van der Waals surface area contributed by atoms with Gasteiger partial charge in [0, 0.05) is 43.9 Å². The quantitative estimate of drug-likeness (QED) is 0.437. The maximum absolute atomic E-state index is 13.8. The Balaban J connectivity index is 1.32. The summed E-state index contributed by atoms with van der Waals surface area (Å²) < 4.78 is 40.4. The molecule has 0 radical (unpaired) electrons. The zero-order valence-corrected chi connectivity index (χ0v) is 26.4. The minimum Gasteiger partial charge on any atom is -0.487 e. The molecule has 2 fully saturated rings. The zero-order chi connectivity index (χ0) is 31.6. The fourth-order valence-corrected chi connectivity index (χ4v) is 8.24. The van der Waals surface area contributed by atoms with Crippen LogP contribution in [0.3, 0.4) is 0 Å². The Kier molecular flexibility index (Phi) is 9.08. The van der Waals surface area contributed by atoms with E-state index < -0.39 is 28.1 Å². The Hall–Kier alpha value is -3.98. The van der Waals surface area contributed by atoms with Crippen molar-refractivity contribution in [2.75, 3.05) is 52.9 Å². The molecule has 2 saturated heterocycles. The fraction of sp³-hybridized carbons (Fsp3) is 0.387. The minimum absolute atomic E-state index is 0.00355. The van der Waals surface area contributed by atoms with Crippen molar-refractivity contribution in [1.29, 1.82) is 0 Å². The molecule has 2 atom stereocenters. The predicted molar refractivity (Wildman–Crippen MR) is 167 cm³/mol. The molecular weight excluding hydrogens is 619 g/mol. The Labute approximate surface area is 265 Å². The average molecular weight is 654 g/mol. The summed E-state index contributed by atoms with van der Waals surface area (Å²) in [4.78, 5) is 43.9. The fourth-order valence-electron chi connectivity index (χ4n) is 5.61. The highest BCUT2D eigenvalue weighted by Gasteiger charge is 2.42. The first-order valence-corrected chi connectivity index (χ1v) is 17.1. The van der Waals surface area contributed by atoms with Crippen LogP contribution in [0, 0.1) is 0 Å². The topological polar surface area (TPSA) is 138 Å². The predicted octanol–water partition coefficient (Wildman–Crippen LogP) is 1.78. The lowest BCUT2D eigenvalue weighted by Crippen LogP contribution is -2.45. The molecule has 12 nitrogen and oxygen atoms in total. The molecule has 2 aromatic carbocycles.